The Morgan fingerprint density at radius 3 is 2.63 bits per heavy atom. The first kappa shape index (κ1) is 22.7. The number of hydrogen-bond acceptors (Lipinski definition) is 8. The van der Waals surface area contributed by atoms with Crippen molar-refractivity contribution in [1.82, 2.24) is 19.4 Å². The highest BCUT2D eigenvalue weighted by molar-refractivity contribution is 6.01. The number of aromatic amines is 1. The van der Waals surface area contributed by atoms with Crippen LogP contribution in [0.1, 0.15) is 37.0 Å². The van der Waals surface area contributed by atoms with Gasteiger partial charge in [-0.05, 0) is 33.2 Å². The molecule has 0 aromatic carbocycles. The number of nitrogens with zero attached hydrogens (tertiary/aromatic N) is 3. The van der Waals surface area contributed by atoms with Crippen molar-refractivity contribution in [2.75, 3.05) is 52.2 Å². The molecule has 0 bridgehead atoms. The number of Topliss-reactive ketones (excluding diaryl/α,β-unsaturated/α-hetero) is 1. The third-order valence-corrected chi connectivity index (χ3v) is 5.85. The average molecular weight is 424 g/mol. The van der Waals surface area contributed by atoms with E-state index in [-0.39, 0.29) is 55.1 Å². The lowest BCUT2D eigenvalue weighted by molar-refractivity contribution is -0.0721. The van der Waals surface area contributed by atoms with Crippen LogP contribution in [-0.2, 0) is 16.0 Å². The number of likely N-dealkylation sites (tertiary alicyclic amines) is 1. The zero-order chi connectivity index (χ0) is 21.8. The molecule has 168 valence electrons. The van der Waals surface area contributed by atoms with Crippen molar-refractivity contribution >= 4 is 11.6 Å². The number of hydrogen-bond donors (Lipinski definition) is 2. The van der Waals surface area contributed by atoms with E-state index >= 15 is 0 Å². The first-order valence-electron chi connectivity index (χ1n) is 10.6. The third-order valence-electron chi connectivity index (χ3n) is 5.85. The molecule has 3 unspecified atom stereocenters. The number of H-pyrrole nitrogens is 1. The topological polar surface area (TPSA) is 123 Å². The second-order valence-electron chi connectivity index (χ2n) is 8.33. The van der Waals surface area contributed by atoms with Crippen LogP contribution in [0, 0.1) is 0 Å². The van der Waals surface area contributed by atoms with E-state index < -0.39 is 11.2 Å². The van der Waals surface area contributed by atoms with Gasteiger partial charge < -0.3 is 15.2 Å². The SMILES string of the molecule is COCCn1c(N)c(C(=O)CN2CCCC2CN2CC(C)OC(C)C2)c(=O)[nH]c1=O. The monoisotopic (exact) mass is 423 g/mol. The number of nitrogens with one attached hydrogen (secondary N) is 1. The summed E-state index contributed by atoms with van der Waals surface area (Å²) in [6, 6.07) is 0.242. The first-order chi connectivity index (χ1) is 14.3. The quantitative estimate of drug-likeness (QED) is 0.538. The summed E-state index contributed by atoms with van der Waals surface area (Å²) in [6.07, 6.45) is 2.40. The summed E-state index contributed by atoms with van der Waals surface area (Å²) in [4.78, 5) is 44.1. The molecule has 2 saturated heterocycles. The van der Waals surface area contributed by atoms with Gasteiger partial charge in [-0.3, -0.25) is 28.9 Å². The predicted octanol–water partition coefficient (Wildman–Crippen LogP) is -0.478. The molecule has 3 N–H and O–H groups in total. The van der Waals surface area contributed by atoms with Gasteiger partial charge in [-0.25, -0.2) is 4.79 Å². The number of carbonyl (C=O) groups excluding carboxylic acids is 1. The lowest BCUT2D eigenvalue weighted by Gasteiger charge is -2.38. The van der Waals surface area contributed by atoms with Gasteiger partial charge in [-0.1, -0.05) is 0 Å². The molecule has 10 nitrogen and oxygen atoms in total. The summed E-state index contributed by atoms with van der Waals surface area (Å²) in [5.41, 5.74) is 4.52. The van der Waals surface area contributed by atoms with Gasteiger partial charge >= 0.3 is 5.69 Å². The average Bonchev–Trinajstić information content (AvgIpc) is 3.07. The number of methoxy groups -OCH3 is 1. The van der Waals surface area contributed by atoms with Gasteiger partial charge in [0.1, 0.15) is 11.4 Å². The Bertz CT molecular complexity index is 856. The second-order valence-corrected chi connectivity index (χ2v) is 8.33. The molecule has 1 aromatic rings. The van der Waals surface area contributed by atoms with Crippen molar-refractivity contribution in [1.29, 1.82) is 0 Å². The van der Waals surface area contributed by atoms with Gasteiger partial charge in [0.2, 0.25) is 0 Å². The fraction of sp³-hybridized carbons (Fsp3) is 0.750. The number of carbonyl (C=O) groups is 1. The standard InChI is InChI=1S/C20H33N5O5/c1-13-9-23(10-14(2)30-13)11-15-5-4-6-24(15)12-16(26)17-18(21)25(7-8-29-3)20(28)22-19(17)27/h13-15H,4-12,21H2,1-3H3,(H,22,27,28). The smallest absolute Gasteiger partial charge is 0.330 e. The molecule has 0 saturated carbocycles. The minimum absolute atomic E-state index is 0.0997. The molecule has 2 aliphatic rings. The molecule has 30 heavy (non-hydrogen) atoms. The van der Waals surface area contributed by atoms with E-state index in [2.05, 4.69) is 28.6 Å². The summed E-state index contributed by atoms with van der Waals surface area (Å²) in [7, 11) is 1.50. The van der Waals surface area contributed by atoms with Crippen molar-refractivity contribution in [3.63, 3.8) is 0 Å². The fourth-order valence-electron chi connectivity index (χ4n) is 4.57. The molecular weight excluding hydrogens is 390 g/mol. The van der Waals surface area contributed by atoms with Gasteiger partial charge in [0.05, 0.1) is 31.9 Å². The first-order valence-corrected chi connectivity index (χ1v) is 10.6. The van der Waals surface area contributed by atoms with Crippen LogP contribution in [0.3, 0.4) is 0 Å². The van der Waals surface area contributed by atoms with Crippen molar-refractivity contribution < 1.29 is 14.3 Å². The lowest BCUT2D eigenvalue weighted by Crippen LogP contribution is -2.50. The molecule has 3 rings (SSSR count). The van der Waals surface area contributed by atoms with Crippen molar-refractivity contribution in [3.05, 3.63) is 26.4 Å². The van der Waals surface area contributed by atoms with E-state index in [0.29, 0.717) is 0 Å². The predicted molar refractivity (Wildman–Crippen MR) is 113 cm³/mol. The maximum atomic E-state index is 13.0. The van der Waals surface area contributed by atoms with Crippen LogP contribution in [0.4, 0.5) is 5.82 Å². The van der Waals surface area contributed by atoms with E-state index in [1.807, 2.05) is 0 Å². The largest absolute Gasteiger partial charge is 0.384 e. The van der Waals surface area contributed by atoms with Crippen molar-refractivity contribution in [2.24, 2.45) is 0 Å². The Morgan fingerprint density at radius 1 is 1.27 bits per heavy atom. The van der Waals surface area contributed by atoms with Crippen LogP contribution < -0.4 is 17.0 Å². The van der Waals surface area contributed by atoms with E-state index in [1.54, 1.807) is 0 Å². The van der Waals surface area contributed by atoms with Gasteiger partial charge in [-0.2, -0.15) is 0 Å². The van der Waals surface area contributed by atoms with Crippen molar-refractivity contribution in [3.8, 4) is 0 Å². The highest BCUT2D eigenvalue weighted by Gasteiger charge is 2.32. The van der Waals surface area contributed by atoms with Gasteiger partial charge in [-0.15, -0.1) is 0 Å². The lowest BCUT2D eigenvalue weighted by atomic mass is 10.1. The van der Waals surface area contributed by atoms with Gasteiger partial charge in [0, 0.05) is 32.8 Å². The van der Waals surface area contributed by atoms with E-state index in [9.17, 15) is 14.4 Å². The van der Waals surface area contributed by atoms with E-state index in [4.69, 9.17) is 15.2 Å². The zero-order valence-corrected chi connectivity index (χ0v) is 18.1. The summed E-state index contributed by atoms with van der Waals surface area (Å²) >= 11 is 0. The maximum absolute atomic E-state index is 13.0. The Balaban J connectivity index is 1.72. The Kier molecular flexibility index (Phi) is 7.45. The number of morpholine rings is 1. The van der Waals surface area contributed by atoms with Crippen LogP contribution in [0.5, 0.6) is 0 Å². The maximum Gasteiger partial charge on any atom is 0.330 e. The Labute approximate surface area is 175 Å². The minimum Gasteiger partial charge on any atom is -0.384 e. The number of nitrogens with two attached hydrogens (primary N) is 1. The second kappa shape index (κ2) is 9.86. The number of rotatable bonds is 8. The van der Waals surface area contributed by atoms with E-state index in [0.717, 1.165) is 39.0 Å². The summed E-state index contributed by atoms with van der Waals surface area (Å²) < 4.78 is 12.0. The van der Waals surface area contributed by atoms with Crippen LogP contribution >= 0.6 is 0 Å². The van der Waals surface area contributed by atoms with Gasteiger partial charge in [0.15, 0.2) is 5.78 Å². The molecule has 0 spiro atoms. The molecule has 2 fully saturated rings. The fourth-order valence-corrected chi connectivity index (χ4v) is 4.57. The van der Waals surface area contributed by atoms with Crippen LogP contribution in [0.15, 0.2) is 9.59 Å². The summed E-state index contributed by atoms with van der Waals surface area (Å²) in [5, 5.41) is 0. The number of aromatic nitrogens is 2. The van der Waals surface area contributed by atoms with Crippen LogP contribution in [0.25, 0.3) is 0 Å². The Morgan fingerprint density at radius 2 is 1.97 bits per heavy atom. The molecule has 3 heterocycles. The van der Waals surface area contributed by atoms with E-state index in [1.165, 1.54) is 11.7 Å². The molecular formula is C20H33N5O5. The highest BCUT2D eigenvalue weighted by Crippen LogP contribution is 2.21. The number of nitrogen functional groups attached to an aromatic ring is 1. The van der Waals surface area contributed by atoms with Gasteiger partial charge in [0.25, 0.3) is 5.56 Å². The summed E-state index contributed by atoms with van der Waals surface area (Å²) in [5.74, 6) is -0.465. The minimum atomic E-state index is -0.734. The number of ether oxygens (including phenoxy) is 2. The third kappa shape index (κ3) is 5.18. The summed E-state index contributed by atoms with van der Waals surface area (Å²) in [6.45, 7) is 8.08. The molecule has 2 aliphatic heterocycles. The molecule has 0 aliphatic carbocycles. The molecule has 0 amide bonds. The molecule has 0 radical (unpaired) electrons. The number of ketones is 1. The molecule has 10 heteroatoms. The normalized spacial score (nSPS) is 25.6. The zero-order valence-electron chi connectivity index (χ0n) is 18.1. The molecule has 3 atom stereocenters. The van der Waals surface area contributed by atoms with Crippen LogP contribution in [0.2, 0.25) is 0 Å². The van der Waals surface area contributed by atoms with Crippen LogP contribution in [-0.4, -0.2) is 89.8 Å². The highest BCUT2D eigenvalue weighted by atomic mass is 16.5. The molecule has 1 aromatic heterocycles. The Hall–Kier alpha value is -2.01. The number of anilines is 1. The van der Waals surface area contributed by atoms with Crippen molar-refractivity contribution in [2.45, 2.75) is 51.5 Å².